The third-order valence-corrected chi connectivity index (χ3v) is 4.06. The van der Waals surface area contributed by atoms with Gasteiger partial charge in [0.1, 0.15) is 4.88 Å². The summed E-state index contributed by atoms with van der Waals surface area (Å²) in [6.07, 6.45) is 0. The van der Waals surface area contributed by atoms with Gasteiger partial charge in [0.2, 0.25) is 0 Å². The lowest BCUT2D eigenvalue weighted by atomic mass is 10.1. The number of nitrogen functional groups attached to an aromatic ring is 1. The van der Waals surface area contributed by atoms with Gasteiger partial charge < -0.3 is 11.1 Å². The predicted octanol–water partition coefficient (Wildman–Crippen LogP) is 3.95. The van der Waals surface area contributed by atoms with E-state index in [1.54, 1.807) is 0 Å². The monoisotopic (exact) mass is 309 g/mol. The maximum atomic E-state index is 12.5. The van der Waals surface area contributed by atoms with Crippen LogP contribution >= 0.6 is 11.3 Å². The molecule has 0 atom stereocenters. The van der Waals surface area contributed by atoms with Gasteiger partial charge in [-0.3, -0.25) is 4.79 Å². The molecule has 5 heteroatoms. The minimum atomic E-state index is -0.196. The highest BCUT2D eigenvalue weighted by molar-refractivity contribution is 7.17. The average Bonchev–Trinajstić information content (AvgIpc) is 2.90. The van der Waals surface area contributed by atoms with Gasteiger partial charge in [0.15, 0.2) is 5.13 Å². The fourth-order valence-electron chi connectivity index (χ4n) is 2.19. The fourth-order valence-corrected chi connectivity index (χ4v) is 2.94. The summed E-state index contributed by atoms with van der Waals surface area (Å²) in [5.74, 6) is -0.196. The Kier molecular flexibility index (Phi) is 3.89. The third-order valence-electron chi connectivity index (χ3n) is 3.17. The second-order valence-electron chi connectivity index (χ2n) is 4.92. The number of carbonyl (C=O) groups is 1. The molecule has 22 heavy (non-hydrogen) atoms. The third kappa shape index (κ3) is 2.99. The second kappa shape index (κ2) is 5.99. The number of thiazole rings is 1. The highest BCUT2D eigenvalue weighted by atomic mass is 32.1. The van der Waals surface area contributed by atoms with Gasteiger partial charge in [0.25, 0.3) is 5.91 Å². The summed E-state index contributed by atoms with van der Waals surface area (Å²) in [4.78, 5) is 17.4. The number of benzene rings is 2. The Labute approximate surface area is 132 Å². The summed E-state index contributed by atoms with van der Waals surface area (Å²) in [6.45, 7) is 1.98. The quantitative estimate of drug-likeness (QED) is 0.769. The Balaban J connectivity index is 1.93. The molecule has 2 aromatic carbocycles. The van der Waals surface area contributed by atoms with Crippen LogP contribution < -0.4 is 11.1 Å². The topological polar surface area (TPSA) is 68.0 Å². The molecule has 0 aliphatic rings. The average molecular weight is 309 g/mol. The van der Waals surface area contributed by atoms with Gasteiger partial charge in [0, 0.05) is 11.3 Å². The van der Waals surface area contributed by atoms with Crippen LogP contribution in [0.25, 0.3) is 11.3 Å². The van der Waals surface area contributed by atoms with Crippen molar-refractivity contribution in [3.63, 3.8) is 0 Å². The van der Waals surface area contributed by atoms with Crippen LogP contribution in [0.1, 0.15) is 15.2 Å². The second-order valence-corrected chi connectivity index (χ2v) is 5.95. The number of hydrogen-bond acceptors (Lipinski definition) is 4. The Morgan fingerprint density at radius 3 is 2.64 bits per heavy atom. The molecule has 3 N–H and O–H groups in total. The molecule has 0 saturated heterocycles. The number of anilines is 2. The number of hydrogen-bond donors (Lipinski definition) is 2. The Morgan fingerprint density at radius 1 is 1.14 bits per heavy atom. The maximum absolute atomic E-state index is 12.5. The van der Waals surface area contributed by atoms with E-state index in [0.29, 0.717) is 15.7 Å². The lowest BCUT2D eigenvalue weighted by Crippen LogP contribution is -2.11. The van der Waals surface area contributed by atoms with Crippen LogP contribution in [0.2, 0.25) is 0 Å². The predicted molar refractivity (Wildman–Crippen MR) is 91.1 cm³/mol. The Hall–Kier alpha value is -2.66. The molecule has 1 heterocycles. The lowest BCUT2D eigenvalue weighted by molar-refractivity contribution is 0.103. The summed E-state index contributed by atoms with van der Waals surface area (Å²) < 4.78 is 0. The number of aromatic nitrogens is 1. The molecule has 0 fully saturated rings. The van der Waals surface area contributed by atoms with E-state index >= 15 is 0 Å². The number of amides is 1. The van der Waals surface area contributed by atoms with E-state index in [2.05, 4.69) is 10.3 Å². The smallest absolute Gasteiger partial charge is 0.268 e. The van der Waals surface area contributed by atoms with Crippen LogP contribution in [0.4, 0.5) is 10.8 Å². The molecule has 0 saturated carbocycles. The van der Waals surface area contributed by atoms with Crippen molar-refractivity contribution in [3.05, 3.63) is 65.0 Å². The molecule has 0 aliphatic heterocycles. The van der Waals surface area contributed by atoms with E-state index in [1.165, 1.54) is 11.3 Å². The molecule has 1 aromatic heterocycles. The largest absolute Gasteiger partial charge is 0.375 e. The van der Waals surface area contributed by atoms with Crippen molar-refractivity contribution >= 4 is 28.1 Å². The molecule has 3 aromatic rings. The zero-order valence-corrected chi connectivity index (χ0v) is 12.9. The van der Waals surface area contributed by atoms with Gasteiger partial charge in [-0.1, -0.05) is 53.8 Å². The first kappa shape index (κ1) is 14.3. The Morgan fingerprint density at radius 2 is 1.91 bits per heavy atom. The SMILES string of the molecule is Cc1cccc(NC(=O)c2sc(N)nc2-c2ccccc2)c1. The van der Waals surface area contributed by atoms with Crippen LogP contribution in [-0.2, 0) is 0 Å². The van der Waals surface area contributed by atoms with Gasteiger partial charge in [-0.2, -0.15) is 0 Å². The van der Waals surface area contributed by atoms with Gasteiger partial charge in [-0.15, -0.1) is 0 Å². The summed E-state index contributed by atoms with van der Waals surface area (Å²) in [6, 6.07) is 17.2. The normalized spacial score (nSPS) is 10.4. The highest BCUT2D eigenvalue weighted by Gasteiger charge is 2.18. The van der Waals surface area contributed by atoms with Crippen LogP contribution in [-0.4, -0.2) is 10.9 Å². The minimum absolute atomic E-state index is 0.196. The molecular formula is C17H15N3OS. The van der Waals surface area contributed by atoms with Gasteiger partial charge in [-0.25, -0.2) is 4.98 Å². The number of carbonyl (C=O) groups excluding carboxylic acids is 1. The van der Waals surface area contributed by atoms with E-state index in [9.17, 15) is 4.79 Å². The van der Waals surface area contributed by atoms with Crippen molar-refractivity contribution in [1.29, 1.82) is 0 Å². The summed E-state index contributed by atoms with van der Waals surface area (Å²) in [5.41, 5.74) is 9.15. The zero-order chi connectivity index (χ0) is 15.5. The van der Waals surface area contributed by atoms with E-state index in [-0.39, 0.29) is 5.91 Å². The summed E-state index contributed by atoms with van der Waals surface area (Å²) >= 11 is 1.20. The van der Waals surface area contributed by atoms with Crippen molar-refractivity contribution in [2.75, 3.05) is 11.1 Å². The molecule has 0 radical (unpaired) electrons. The fraction of sp³-hybridized carbons (Fsp3) is 0.0588. The van der Waals surface area contributed by atoms with Crippen molar-refractivity contribution in [3.8, 4) is 11.3 Å². The van der Waals surface area contributed by atoms with Gasteiger partial charge in [0.05, 0.1) is 5.69 Å². The number of aryl methyl sites for hydroxylation is 1. The molecule has 3 rings (SSSR count). The molecule has 110 valence electrons. The molecular weight excluding hydrogens is 294 g/mol. The molecule has 0 bridgehead atoms. The van der Waals surface area contributed by atoms with Crippen molar-refractivity contribution < 1.29 is 4.79 Å². The molecule has 1 amide bonds. The minimum Gasteiger partial charge on any atom is -0.375 e. The molecule has 0 unspecified atom stereocenters. The van der Waals surface area contributed by atoms with Crippen LogP contribution in [0.5, 0.6) is 0 Å². The highest BCUT2D eigenvalue weighted by Crippen LogP contribution is 2.30. The van der Waals surface area contributed by atoms with Crippen LogP contribution in [0, 0.1) is 6.92 Å². The number of nitrogens with zero attached hydrogens (tertiary/aromatic N) is 1. The first-order valence-corrected chi connectivity index (χ1v) is 7.65. The van der Waals surface area contributed by atoms with Crippen LogP contribution in [0.3, 0.4) is 0 Å². The first-order chi connectivity index (χ1) is 10.6. The first-order valence-electron chi connectivity index (χ1n) is 6.83. The van der Waals surface area contributed by atoms with E-state index < -0.39 is 0 Å². The summed E-state index contributed by atoms with van der Waals surface area (Å²) in [7, 11) is 0. The van der Waals surface area contributed by atoms with Gasteiger partial charge in [-0.05, 0) is 24.6 Å². The van der Waals surface area contributed by atoms with Crippen molar-refractivity contribution in [2.45, 2.75) is 6.92 Å². The number of nitrogens with two attached hydrogens (primary N) is 1. The van der Waals surface area contributed by atoms with Crippen LogP contribution in [0.15, 0.2) is 54.6 Å². The molecule has 0 aliphatic carbocycles. The number of rotatable bonds is 3. The van der Waals surface area contributed by atoms with Crippen molar-refractivity contribution in [1.82, 2.24) is 4.98 Å². The Bertz CT molecular complexity index is 812. The molecule has 0 spiro atoms. The van der Waals surface area contributed by atoms with E-state index in [1.807, 2.05) is 61.5 Å². The van der Waals surface area contributed by atoms with Gasteiger partial charge >= 0.3 is 0 Å². The maximum Gasteiger partial charge on any atom is 0.268 e. The molecule has 4 nitrogen and oxygen atoms in total. The number of nitrogens with one attached hydrogen (secondary N) is 1. The van der Waals surface area contributed by atoms with E-state index in [0.717, 1.165) is 16.8 Å². The standard InChI is InChI=1S/C17H15N3OS/c1-11-6-5-9-13(10-11)19-16(21)15-14(20-17(18)22-15)12-7-3-2-4-8-12/h2-10H,1H3,(H2,18,20)(H,19,21). The van der Waals surface area contributed by atoms with E-state index in [4.69, 9.17) is 5.73 Å². The summed E-state index contributed by atoms with van der Waals surface area (Å²) in [5, 5.41) is 3.28. The van der Waals surface area contributed by atoms with Crippen molar-refractivity contribution in [2.24, 2.45) is 0 Å². The zero-order valence-electron chi connectivity index (χ0n) is 12.0. The lowest BCUT2D eigenvalue weighted by Gasteiger charge is -2.06.